The fraction of sp³-hybridized carbons (Fsp3) is 0.455. The summed E-state index contributed by atoms with van der Waals surface area (Å²) in [6, 6.07) is 9.29. The third-order valence-corrected chi connectivity index (χ3v) is 8.71. The van der Waals surface area contributed by atoms with Gasteiger partial charge in [0, 0.05) is 25.7 Å². The van der Waals surface area contributed by atoms with Crippen molar-refractivity contribution in [3.8, 4) is 5.88 Å². The van der Waals surface area contributed by atoms with E-state index >= 15 is 0 Å². The molecule has 1 spiro atoms. The number of nitrogens with zero attached hydrogens (tertiary/aromatic N) is 3. The van der Waals surface area contributed by atoms with E-state index in [4.69, 9.17) is 16.3 Å². The lowest BCUT2D eigenvalue weighted by molar-refractivity contribution is -0.139. The van der Waals surface area contributed by atoms with Crippen LogP contribution in [0.3, 0.4) is 0 Å². The molecule has 0 aliphatic carbocycles. The van der Waals surface area contributed by atoms with E-state index in [9.17, 15) is 26.4 Å². The topological polar surface area (TPSA) is 79.8 Å². The number of anilines is 1. The van der Waals surface area contributed by atoms with E-state index in [0.29, 0.717) is 31.5 Å². The lowest BCUT2D eigenvalue weighted by Crippen LogP contribution is -2.46. The molecule has 1 aromatic heterocycles. The fourth-order valence-corrected chi connectivity index (χ4v) is 6.30. The van der Waals surface area contributed by atoms with Crippen LogP contribution in [0.5, 0.6) is 5.88 Å². The van der Waals surface area contributed by atoms with E-state index in [-0.39, 0.29) is 34.8 Å². The van der Waals surface area contributed by atoms with E-state index in [1.807, 2.05) is 0 Å². The maximum absolute atomic E-state index is 13.3. The van der Waals surface area contributed by atoms with Crippen LogP contribution in [0.4, 0.5) is 18.9 Å². The van der Waals surface area contributed by atoms with Crippen LogP contribution in [0.2, 0.25) is 5.02 Å². The van der Waals surface area contributed by atoms with Gasteiger partial charge >= 0.3 is 6.18 Å². The summed E-state index contributed by atoms with van der Waals surface area (Å²) in [6.07, 6.45) is -2.63. The molecule has 2 fully saturated rings. The number of pyridine rings is 1. The van der Waals surface area contributed by atoms with Gasteiger partial charge in [-0.2, -0.15) is 17.5 Å². The maximum Gasteiger partial charge on any atom is 0.392 e. The van der Waals surface area contributed by atoms with E-state index in [1.165, 1.54) is 28.7 Å². The van der Waals surface area contributed by atoms with Crippen molar-refractivity contribution >= 4 is 33.2 Å². The number of alkyl halides is 3. The lowest BCUT2D eigenvalue weighted by atomic mass is 9.77. The van der Waals surface area contributed by atoms with Crippen molar-refractivity contribution in [2.75, 3.05) is 31.1 Å². The summed E-state index contributed by atoms with van der Waals surface area (Å²) in [6.45, 7) is 0.329. The molecule has 2 saturated heterocycles. The zero-order valence-electron chi connectivity index (χ0n) is 18.1. The second kappa shape index (κ2) is 9.35. The molecule has 34 heavy (non-hydrogen) atoms. The molecule has 0 bridgehead atoms. The number of hydrogen-bond acceptors (Lipinski definition) is 5. The Labute approximate surface area is 200 Å². The highest BCUT2D eigenvalue weighted by Gasteiger charge is 2.50. The van der Waals surface area contributed by atoms with Gasteiger partial charge in [-0.3, -0.25) is 4.79 Å². The van der Waals surface area contributed by atoms with Gasteiger partial charge in [0.2, 0.25) is 21.8 Å². The van der Waals surface area contributed by atoms with Crippen molar-refractivity contribution in [3.05, 3.63) is 47.6 Å². The smallest absolute Gasteiger partial charge is 0.392 e. The van der Waals surface area contributed by atoms with Gasteiger partial charge in [0.1, 0.15) is 4.90 Å². The van der Waals surface area contributed by atoms with Gasteiger partial charge in [-0.1, -0.05) is 23.7 Å². The SMILES string of the molecule is O=C1N(c2ccc(OCCC(F)(F)F)nc2)CCC12CCN(S(=O)(=O)c1ccccc1Cl)CC2. The molecular formula is C22H23ClF3N3O4S. The minimum atomic E-state index is -4.31. The Hall–Kier alpha value is -2.37. The van der Waals surface area contributed by atoms with Gasteiger partial charge in [0.05, 0.1) is 35.3 Å². The number of carbonyl (C=O) groups is 1. The van der Waals surface area contributed by atoms with Gasteiger partial charge in [-0.05, 0) is 37.5 Å². The summed E-state index contributed by atoms with van der Waals surface area (Å²) >= 11 is 6.09. The summed E-state index contributed by atoms with van der Waals surface area (Å²) in [5, 5.41) is 0.157. The number of amides is 1. The third kappa shape index (κ3) is 5.01. The lowest BCUT2D eigenvalue weighted by Gasteiger charge is -2.37. The van der Waals surface area contributed by atoms with Crippen molar-refractivity contribution in [3.63, 3.8) is 0 Å². The van der Waals surface area contributed by atoms with Crippen LogP contribution >= 0.6 is 11.6 Å². The van der Waals surface area contributed by atoms with Crippen LogP contribution in [-0.4, -0.2) is 56.0 Å². The first-order valence-corrected chi connectivity index (χ1v) is 12.6. The zero-order chi connectivity index (χ0) is 24.6. The molecule has 3 heterocycles. The average molecular weight is 518 g/mol. The van der Waals surface area contributed by atoms with Gasteiger partial charge in [-0.25, -0.2) is 13.4 Å². The van der Waals surface area contributed by atoms with Crippen LogP contribution in [0, 0.1) is 5.41 Å². The van der Waals surface area contributed by atoms with Gasteiger partial charge < -0.3 is 9.64 Å². The summed E-state index contributed by atoms with van der Waals surface area (Å²) in [5.41, 5.74) is -0.134. The highest BCUT2D eigenvalue weighted by atomic mass is 35.5. The number of benzene rings is 1. The first kappa shape index (κ1) is 24.7. The van der Waals surface area contributed by atoms with E-state index in [2.05, 4.69) is 4.98 Å². The predicted molar refractivity (Wildman–Crippen MR) is 119 cm³/mol. The standard InChI is InChI=1S/C22H23ClF3N3O4S/c23-17-3-1-2-4-18(17)34(31,32)28-11-7-21(8-12-28)9-13-29(20(21)30)16-5-6-19(27-15-16)33-14-10-22(24,25)26/h1-6,15H,7-14H2. The number of carbonyl (C=O) groups excluding carboxylic acids is 1. The first-order chi connectivity index (χ1) is 16.0. The number of sulfonamides is 1. The largest absolute Gasteiger partial charge is 0.477 e. The first-order valence-electron chi connectivity index (χ1n) is 10.7. The molecule has 7 nitrogen and oxygen atoms in total. The summed E-state index contributed by atoms with van der Waals surface area (Å²) in [4.78, 5) is 18.9. The number of aromatic nitrogens is 1. The van der Waals surface area contributed by atoms with Crippen LogP contribution < -0.4 is 9.64 Å². The summed E-state index contributed by atoms with van der Waals surface area (Å²) in [7, 11) is -3.76. The van der Waals surface area contributed by atoms with Crippen molar-refractivity contribution in [1.82, 2.24) is 9.29 Å². The number of piperidine rings is 1. The summed E-state index contributed by atoms with van der Waals surface area (Å²) < 4.78 is 69.1. The van der Waals surface area contributed by atoms with Crippen LogP contribution in [-0.2, 0) is 14.8 Å². The summed E-state index contributed by atoms with van der Waals surface area (Å²) in [5.74, 6) is -0.0534. The van der Waals surface area contributed by atoms with Crippen molar-refractivity contribution in [2.45, 2.75) is 36.8 Å². The molecule has 1 amide bonds. The molecule has 2 aliphatic rings. The molecule has 12 heteroatoms. The Balaban J connectivity index is 1.39. The van der Waals surface area contributed by atoms with Crippen LogP contribution in [0.1, 0.15) is 25.7 Å². The predicted octanol–water partition coefficient (Wildman–Crippen LogP) is 4.27. The molecule has 2 aliphatic heterocycles. The quantitative estimate of drug-likeness (QED) is 0.571. The van der Waals surface area contributed by atoms with Crippen molar-refractivity contribution in [1.29, 1.82) is 0 Å². The Bertz CT molecular complexity index is 1150. The third-order valence-electron chi connectivity index (χ3n) is 6.31. The van der Waals surface area contributed by atoms with E-state index < -0.39 is 34.6 Å². The molecule has 184 valence electrons. The molecule has 0 radical (unpaired) electrons. The van der Waals surface area contributed by atoms with Crippen molar-refractivity contribution < 1.29 is 31.1 Å². The minimum absolute atomic E-state index is 0.0486. The van der Waals surface area contributed by atoms with Gasteiger partial charge in [-0.15, -0.1) is 0 Å². The molecular weight excluding hydrogens is 495 g/mol. The highest BCUT2D eigenvalue weighted by molar-refractivity contribution is 7.89. The second-order valence-electron chi connectivity index (χ2n) is 8.39. The molecule has 1 aromatic carbocycles. The second-order valence-corrected chi connectivity index (χ2v) is 10.7. The van der Waals surface area contributed by atoms with Gasteiger partial charge in [0.15, 0.2) is 0 Å². The number of rotatable bonds is 6. The monoisotopic (exact) mass is 517 g/mol. The normalized spacial score (nSPS) is 19.1. The molecule has 0 saturated carbocycles. The Kier molecular flexibility index (Phi) is 6.80. The average Bonchev–Trinajstić information content (AvgIpc) is 3.09. The molecule has 0 atom stereocenters. The number of ether oxygens (including phenoxy) is 1. The number of hydrogen-bond donors (Lipinski definition) is 0. The van der Waals surface area contributed by atoms with Crippen molar-refractivity contribution in [2.24, 2.45) is 5.41 Å². The Morgan fingerprint density at radius 3 is 2.35 bits per heavy atom. The molecule has 4 rings (SSSR count). The maximum atomic E-state index is 13.3. The Morgan fingerprint density at radius 2 is 1.74 bits per heavy atom. The molecule has 2 aromatic rings. The number of halogens is 4. The van der Waals surface area contributed by atoms with Crippen LogP contribution in [0.25, 0.3) is 0 Å². The minimum Gasteiger partial charge on any atom is -0.477 e. The highest BCUT2D eigenvalue weighted by Crippen LogP contribution is 2.44. The van der Waals surface area contributed by atoms with E-state index in [0.717, 1.165) is 0 Å². The fourth-order valence-electron chi connectivity index (χ4n) is 4.37. The van der Waals surface area contributed by atoms with Gasteiger partial charge in [0.25, 0.3) is 0 Å². The zero-order valence-corrected chi connectivity index (χ0v) is 19.7. The Morgan fingerprint density at radius 1 is 1.06 bits per heavy atom. The molecule has 0 N–H and O–H groups in total. The van der Waals surface area contributed by atoms with E-state index in [1.54, 1.807) is 23.1 Å². The van der Waals surface area contributed by atoms with Crippen LogP contribution in [0.15, 0.2) is 47.5 Å². The molecule has 0 unspecified atom stereocenters.